The molecule has 0 aliphatic carbocycles. The van der Waals surface area contributed by atoms with Gasteiger partial charge in [0.05, 0.1) is 12.8 Å². The highest BCUT2D eigenvalue weighted by molar-refractivity contribution is 9.11. The van der Waals surface area contributed by atoms with E-state index in [0.717, 1.165) is 14.6 Å². The highest BCUT2D eigenvalue weighted by atomic mass is 79.9. The zero-order valence-electron chi connectivity index (χ0n) is 11.3. The van der Waals surface area contributed by atoms with Crippen LogP contribution in [-0.4, -0.2) is 18.7 Å². The Bertz CT molecular complexity index is 707. The Labute approximate surface area is 144 Å². The largest absolute Gasteiger partial charge is 0.375 e. The van der Waals surface area contributed by atoms with Crippen LogP contribution >= 0.6 is 31.9 Å². The Morgan fingerprint density at radius 2 is 2.00 bits per heavy atom. The van der Waals surface area contributed by atoms with Crippen molar-refractivity contribution in [2.45, 2.75) is 0 Å². The predicted molar refractivity (Wildman–Crippen MR) is 92.5 cm³/mol. The topological polar surface area (TPSA) is 53.5 Å². The maximum atomic E-state index is 13.3. The van der Waals surface area contributed by atoms with Gasteiger partial charge in [0.1, 0.15) is 5.82 Å². The number of nitrogens with one attached hydrogen (secondary N) is 2. The first-order valence-electron chi connectivity index (χ1n) is 6.31. The summed E-state index contributed by atoms with van der Waals surface area (Å²) in [7, 11) is 0. The maximum Gasteiger partial charge on any atom is 0.259 e. The molecule has 0 atom stereocenters. The number of carbonyl (C=O) groups is 1. The number of amides is 1. The lowest BCUT2D eigenvalue weighted by atomic mass is 10.2. The smallest absolute Gasteiger partial charge is 0.259 e. The Morgan fingerprint density at radius 1 is 1.23 bits per heavy atom. The summed E-state index contributed by atoms with van der Waals surface area (Å²) in [6.45, 7) is 0.0504. The molecule has 0 unspecified atom stereocenters. The van der Waals surface area contributed by atoms with Crippen molar-refractivity contribution in [3.05, 3.63) is 62.8 Å². The molecular formula is C15H12Br2FN3O. The zero-order valence-corrected chi connectivity index (χ0v) is 14.5. The quantitative estimate of drug-likeness (QED) is 0.560. The second kappa shape index (κ2) is 8.05. The summed E-state index contributed by atoms with van der Waals surface area (Å²) in [4.78, 5) is 11.7. The number of hydrogen-bond donors (Lipinski definition) is 2. The summed E-state index contributed by atoms with van der Waals surface area (Å²) in [6, 6.07) is 11.8. The minimum Gasteiger partial charge on any atom is -0.375 e. The van der Waals surface area contributed by atoms with E-state index in [1.165, 1.54) is 12.3 Å². The molecule has 0 heterocycles. The third-order valence-corrected chi connectivity index (χ3v) is 3.82. The van der Waals surface area contributed by atoms with Crippen LogP contribution in [-0.2, 0) is 4.79 Å². The van der Waals surface area contributed by atoms with Crippen LogP contribution in [0.15, 0.2) is 56.5 Å². The number of rotatable bonds is 5. The van der Waals surface area contributed by atoms with Crippen molar-refractivity contribution in [2.75, 3.05) is 11.9 Å². The van der Waals surface area contributed by atoms with E-state index < -0.39 is 5.82 Å². The molecule has 1 amide bonds. The average molecular weight is 429 g/mol. The standard InChI is InChI=1S/C15H12Br2FN3O/c16-11-5-6-14(12(17)7-11)19-9-15(22)21-20-8-10-3-1-2-4-13(10)18/h1-8,19H,9H2,(H,21,22). The normalized spacial score (nSPS) is 10.7. The molecule has 0 aliphatic rings. The third-order valence-electron chi connectivity index (χ3n) is 2.67. The molecule has 0 radical (unpaired) electrons. The number of anilines is 1. The molecule has 0 spiro atoms. The second-order valence-corrected chi connectivity index (χ2v) is 6.06. The Hall–Kier alpha value is -1.73. The van der Waals surface area contributed by atoms with Crippen molar-refractivity contribution in [1.29, 1.82) is 0 Å². The van der Waals surface area contributed by atoms with Crippen LogP contribution in [0, 0.1) is 5.82 Å². The number of hydrogen-bond acceptors (Lipinski definition) is 3. The van der Waals surface area contributed by atoms with Crippen LogP contribution in [0.4, 0.5) is 10.1 Å². The zero-order chi connectivity index (χ0) is 15.9. The lowest BCUT2D eigenvalue weighted by molar-refractivity contribution is -0.119. The van der Waals surface area contributed by atoms with Crippen molar-refractivity contribution >= 4 is 49.7 Å². The first kappa shape index (κ1) is 16.6. The summed E-state index contributed by atoms with van der Waals surface area (Å²) in [5.74, 6) is -0.722. The summed E-state index contributed by atoms with van der Waals surface area (Å²) >= 11 is 6.74. The first-order chi connectivity index (χ1) is 10.6. The van der Waals surface area contributed by atoms with Crippen LogP contribution in [0.1, 0.15) is 5.56 Å². The van der Waals surface area contributed by atoms with E-state index in [9.17, 15) is 9.18 Å². The van der Waals surface area contributed by atoms with Gasteiger partial charge in [0, 0.05) is 20.2 Å². The molecule has 0 saturated carbocycles. The van der Waals surface area contributed by atoms with Crippen LogP contribution in [0.25, 0.3) is 0 Å². The van der Waals surface area contributed by atoms with Gasteiger partial charge in [-0.15, -0.1) is 0 Å². The molecular weight excluding hydrogens is 417 g/mol. The Kier molecular flexibility index (Phi) is 6.09. The molecule has 0 aromatic heterocycles. The summed E-state index contributed by atoms with van der Waals surface area (Å²) in [5, 5.41) is 6.70. The monoisotopic (exact) mass is 427 g/mol. The molecule has 2 aromatic rings. The molecule has 114 valence electrons. The predicted octanol–water partition coefficient (Wildman–Crippen LogP) is 3.91. The van der Waals surface area contributed by atoms with Crippen molar-refractivity contribution in [3.8, 4) is 0 Å². The molecule has 4 nitrogen and oxygen atoms in total. The fraction of sp³-hybridized carbons (Fsp3) is 0.0667. The van der Waals surface area contributed by atoms with Gasteiger partial charge in [0.15, 0.2) is 0 Å². The van der Waals surface area contributed by atoms with E-state index in [0.29, 0.717) is 5.56 Å². The molecule has 0 saturated heterocycles. The van der Waals surface area contributed by atoms with E-state index in [1.54, 1.807) is 18.2 Å². The highest BCUT2D eigenvalue weighted by Gasteiger charge is 2.03. The lowest BCUT2D eigenvalue weighted by Gasteiger charge is -2.07. The van der Waals surface area contributed by atoms with Crippen LogP contribution in [0.5, 0.6) is 0 Å². The van der Waals surface area contributed by atoms with Gasteiger partial charge in [-0.1, -0.05) is 34.1 Å². The van der Waals surface area contributed by atoms with Crippen LogP contribution in [0.2, 0.25) is 0 Å². The number of benzene rings is 2. The van der Waals surface area contributed by atoms with E-state index in [1.807, 2.05) is 18.2 Å². The second-order valence-electron chi connectivity index (χ2n) is 4.29. The number of nitrogens with zero attached hydrogens (tertiary/aromatic N) is 1. The Morgan fingerprint density at radius 3 is 2.73 bits per heavy atom. The Balaban J connectivity index is 1.84. The van der Waals surface area contributed by atoms with Crippen LogP contribution < -0.4 is 10.7 Å². The van der Waals surface area contributed by atoms with Crippen molar-refractivity contribution in [2.24, 2.45) is 5.10 Å². The molecule has 0 bridgehead atoms. The molecule has 2 aromatic carbocycles. The van der Waals surface area contributed by atoms with Gasteiger partial charge in [0.2, 0.25) is 0 Å². The highest BCUT2D eigenvalue weighted by Crippen LogP contribution is 2.25. The summed E-state index contributed by atoms with van der Waals surface area (Å²) < 4.78 is 15.1. The van der Waals surface area contributed by atoms with E-state index in [-0.39, 0.29) is 12.5 Å². The van der Waals surface area contributed by atoms with Crippen LogP contribution in [0.3, 0.4) is 0 Å². The third kappa shape index (κ3) is 4.92. The summed E-state index contributed by atoms with van der Waals surface area (Å²) in [5.41, 5.74) is 3.44. The molecule has 2 rings (SSSR count). The molecule has 2 N–H and O–H groups in total. The lowest BCUT2D eigenvalue weighted by Crippen LogP contribution is -2.26. The molecule has 0 fully saturated rings. The maximum absolute atomic E-state index is 13.3. The van der Waals surface area contributed by atoms with Crippen molar-refractivity contribution in [1.82, 2.24) is 5.43 Å². The minimum atomic E-state index is -0.391. The van der Waals surface area contributed by atoms with Crippen molar-refractivity contribution < 1.29 is 9.18 Å². The molecule has 0 aliphatic heterocycles. The summed E-state index contributed by atoms with van der Waals surface area (Å²) in [6.07, 6.45) is 1.27. The SMILES string of the molecule is O=C(CNc1ccc(Br)cc1Br)NN=Cc1ccccc1F. The van der Waals surface area contributed by atoms with Gasteiger partial charge < -0.3 is 5.32 Å². The van der Waals surface area contributed by atoms with Gasteiger partial charge in [-0.2, -0.15) is 5.10 Å². The number of hydrazone groups is 1. The van der Waals surface area contributed by atoms with E-state index >= 15 is 0 Å². The number of carbonyl (C=O) groups excluding carboxylic acids is 1. The first-order valence-corrected chi connectivity index (χ1v) is 7.90. The molecule has 22 heavy (non-hydrogen) atoms. The minimum absolute atomic E-state index is 0.0504. The van der Waals surface area contributed by atoms with E-state index in [2.05, 4.69) is 47.7 Å². The van der Waals surface area contributed by atoms with Gasteiger partial charge in [-0.3, -0.25) is 4.79 Å². The van der Waals surface area contributed by atoms with E-state index in [4.69, 9.17) is 0 Å². The molecule has 7 heteroatoms. The van der Waals surface area contributed by atoms with Gasteiger partial charge in [-0.25, -0.2) is 9.82 Å². The fourth-order valence-corrected chi connectivity index (χ4v) is 2.79. The van der Waals surface area contributed by atoms with Gasteiger partial charge >= 0.3 is 0 Å². The number of halogens is 3. The van der Waals surface area contributed by atoms with Gasteiger partial charge in [0.25, 0.3) is 5.91 Å². The average Bonchev–Trinajstić information content (AvgIpc) is 2.48. The fourth-order valence-electron chi connectivity index (χ4n) is 1.60. The van der Waals surface area contributed by atoms with Gasteiger partial charge in [-0.05, 0) is 40.2 Å². The van der Waals surface area contributed by atoms with Crippen molar-refractivity contribution in [3.63, 3.8) is 0 Å².